The van der Waals surface area contributed by atoms with Gasteiger partial charge in [-0.1, -0.05) is 19.4 Å². The van der Waals surface area contributed by atoms with E-state index in [-0.39, 0.29) is 37.6 Å². The van der Waals surface area contributed by atoms with Gasteiger partial charge in [0.25, 0.3) is 11.5 Å². The summed E-state index contributed by atoms with van der Waals surface area (Å²) in [5.74, 6) is -1.42. The van der Waals surface area contributed by atoms with Gasteiger partial charge in [-0.05, 0) is 25.0 Å². The number of rotatable bonds is 11. The lowest BCUT2D eigenvalue weighted by Gasteiger charge is -2.24. The minimum Gasteiger partial charge on any atom is -0.455 e. The summed E-state index contributed by atoms with van der Waals surface area (Å²) in [7, 11) is 1.44. The number of H-pyrrole nitrogens is 1. The van der Waals surface area contributed by atoms with Crippen LogP contribution in [0.15, 0.2) is 27.9 Å². The van der Waals surface area contributed by atoms with Crippen molar-refractivity contribution in [3.05, 3.63) is 50.4 Å². The van der Waals surface area contributed by atoms with Crippen molar-refractivity contribution in [1.29, 1.82) is 0 Å². The monoisotopic (exact) mass is 447 g/mol. The molecule has 3 N–H and O–H groups in total. The first-order valence-corrected chi connectivity index (χ1v) is 10.3. The van der Waals surface area contributed by atoms with E-state index in [2.05, 4.69) is 9.97 Å². The van der Waals surface area contributed by atoms with Gasteiger partial charge in [-0.3, -0.25) is 33.8 Å². The molecular formula is C21H29N5O6. The number of nitrogen functional groups attached to an aromatic ring is 1. The highest BCUT2D eigenvalue weighted by molar-refractivity contribution is 5.97. The molecule has 2 aromatic rings. The molecule has 0 aliphatic carbocycles. The Morgan fingerprint density at radius 1 is 1.28 bits per heavy atom. The van der Waals surface area contributed by atoms with Gasteiger partial charge in [-0.15, -0.1) is 0 Å². The Bertz CT molecular complexity index is 1040. The predicted octanol–water partition coefficient (Wildman–Crippen LogP) is 0.388. The van der Waals surface area contributed by atoms with Crippen molar-refractivity contribution in [1.82, 2.24) is 14.5 Å². The van der Waals surface area contributed by atoms with Crippen LogP contribution < -0.4 is 21.9 Å². The number of pyridine rings is 1. The average Bonchev–Trinajstić information content (AvgIpc) is 2.75. The number of carbonyl (C=O) groups is 2. The molecule has 32 heavy (non-hydrogen) atoms. The summed E-state index contributed by atoms with van der Waals surface area (Å²) >= 11 is 0. The molecule has 0 aromatic carbocycles. The summed E-state index contributed by atoms with van der Waals surface area (Å²) in [6, 6.07) is 3.51. The fourth-order valence-electron chi connectivity index (χ4n) is 2.96. The summed E-state index contributed by atoms with van der Waals surface area (Å²) in [5.41, 5.74) is 5.93. The van der Waals surface area contributed by atoms with E-state index in [9.17, 15) is 19.2 Å². The Labute approximate surface area is 185 Å². The maximum atomic E-state index is 12.9. The number of aryl methyl sites for hydroxylation is 1. The second-order valence-electron chi connectivity index (χ2n) is 7.18. The number of anilines is 2. The van der Waals surface area contributed by atoms with Crippen LogP contribution in [0.5, 0.6) is 0 Å². The van der Waals surface area contributed by atoms with Crippen LogP contribution in [-0.4, -0.2) is 53.3 Å². The van der Waals surface area contributed by atoms with Gasteiger partial charge in [-0.2, -0.15) is 0 Å². The topological polar surface area (TPSA) is 150 Å². The molecular weight excluding hydrogens is 418 g/mol. The second kappa shape index (κ2) is 11.8. The molecule has 1 amide bonds. The van der Waals surface area contributed by atoms with Gasteiger partial charge in [0.1, 0.15) is 5.82 Å². The number of esters is 1. The van der Waals surface area contributed by atoms with Crippen molar-refractivity contribution < 1.29 is 19.1 Å². The van der Waals surface area contributed by atoms with Crippen molar-refractivity contribution >= 4 is 23.4 Å². The van der Waals surface area contributed by atoms with Gasteiger partial charge in [-0.25, -0.2) is 4.79 Å². The number of nitrogens with two attached hydrogens (primary N) is 1. The summed E-state index contributed by atoms with van der Waals surface area (Å²) in [4.78, 5) is 57.0. The van der Waals surface area contributed by atoms with E-state index < -0.39 is 29.7 Å². The van der Waals surface area contributed by atoms with Gasteiger partial charge in [0.05, 0.1) is 13.0 Å². The zero-order valence-corrected chi connectivity index (χ0v) is 18.6. The number of ether oxygens (including phenoxy) is 2. The van der Waals surface area contributed by atoms with Crippen molar-refractivity contribution in [3.63, 3.8) is 0 Å². The smallest absolute Gasteiger partial charge is 0.330 e. The molecule has 0 saturated heterocycles. The van der Waals surface area contributed by atoms with Gasteiger partial charge in [0.2, 0.25) is 0 Å². The molecule has 174 valence electrons. The molecule has 0 unspecified atom stereocenters. The van der Waals surface area contributed by atoms with Crippen molar-refractivity contribution in [2.45, 2.75) is 39.7 Å². The van der Waals surface area contributed by atoms with Crippen molar-refractivity contribution in [3.8, 4) is 0 Å². The number of aromatic amines is 1. The van der Waals surface area contributed by atoms with Crippen molar-refractivity contribution in [2.24, 2.45) is 0 Å². The third kappa shape index (κ3) is 6.51. The van der Waals surface area contributed by atoms with Gasteiger partial charge < -0.3 is 15.2 Å². The van der Waals surface area contributed by atoms with Gasteiger partial charge >= 0.3 is 11.7 Å². The van der Waals surface area contributed by atoms with E-state index in [1.54, 1.807) is 18.3 Å². The van der Waals surface area contributed by atoms with Crippen LogP contribution in [0.25, 0.3) is 0 Å². The first kappa shape index (κ1) is 24.8. The number of nitrogens with one attached hydrogen (secondary N) is 1. The highest BCUT2D eigenvalue weighted by Gasteiger charge is 2.25. The zero-order valence-electron chi connectivity index (χ0n) is 18.6. The summed E-state index contributed by atoms with van der Waals surface area (Å²) < 4.78 is 11.3. The molecule has 2 rings (SSSR count). The normalized spacial score (nSPS) is 10.7. The standard InChI is InChI=1S/C21H29N5O6/c1-4-5-8-26-19(22)18(20(29)24-21(26)30)25(9-10-31-3)16(27)13-32-17(28)11-15-7-6-14(2)23-12-15/h6-7,12H,4-5,8-11,13,22H2,1-3H3,(H,24,29,30). The van der Waals surface area contributed by atoms with E-state index in [0.29, 0.717) is 12.0 Å². The molecule has 2 aromatic heterocycles. The number of methoxy groups -OCH3 is 1. The first-order valence-electron chi connectivity index (χ1n) is 10.3. The van der Waals surface area contributed by atoms with Crippen LogP contribution in [0.1, 0.15) is 31.0 Å². The number of unbranched alkanes of at least 4 members (excludes halogenated alkanes) is 1. The predicted molar refractivity (Wildman–Crippen MR) is 119 cm³/mol. The Morgan fingerprint density at radius 2 is 2.03 bits per heavy atom. The molecule has 0 atom stereocenters. The molecule has 0 saturated carbocycles. The zero-order chi connectivity index (χ0) is 23.7. The number of amides is 1. The Kier molecular flexibility index (Phi) is 9.14. The molecule has 0 bridgehead atoms. The summed E-state index contributed by atoms with van der Waals surface area (Å²) in [6.07, 6.45) is 2.97. The van der Waals surface area contributed by atoms with E-state index >= 15 is 0 Å². The fraction of sp³-hybridized carbons (Fsp3) is 0.476. The number of hydrogen-bond acceptors (Lipinski definition) is 8. The lowest BCUT2D eigenvalue weighted by Crippen LogP contribution is -2.44. The van der Waals surface area contributed by atoms with Crippen LogP contribution >= 0.6 is 0 Å². The quantitative estimate of drug-likeness (QED) is 0.470. The summed E-state index contributed by atoms with van der Waals surface area (Å²) in [6.45, 7) is 3.54. The van der Waals surface area contributed by atoms with Crippen LogP contribution in [0.2, 0.25) is 0 Å². The fourth-order valence-corrected chi connectivity index (χ4v) is 2.96. The molecule has 11 nitrogen and oxygen atoms in total. The lowest BCUT2D eigenvalue weighted by molar-refractivity contribution is -0.147. The number of carbonyl (C=O) groups excluding carboxylic acids is 2. The number of nitrogens with zero attached hydrogens (tertiary/aromatic N) is 3. The Morgan fingerprint density at radius 3 is 2.66 bits per heavy atom. The van der Waals surface area contributed by atoms with Crippen LogP contribution in [0, 0.1) is 6.92 Å². The maximum Gasteiger partial charge on any atom is 0.330 e. The Hall–Kier alpha value is -3.47. The molecule has 0 aliphatic rings. The third-order valence-electron chi connectivity index (χ3n) is 4.72. The van der Waals surface area contributed by atoms with Gasteiger partial charge in [0.15, 0.2) is 12.3 Å². The van der Waals surface area contributed by atoms with E-state index in [1.165, 1.54) is 11.7 Å². The molecule has 2 heterocycles. The van der Waals surface area contributed by atoms with Crippen molar-refractivity contribution in [2.75, 3.05) is 37.5 Å². The number of aromatic nitrogens is 3. The molecule has 0 spiro atoms. The van der Waals surface area contributed by atoms with E-state index in [0.717, 1.165) is 17.0 Å². The highest BCUT2D eigenvalue weighted by Crippen LogP contribution is 2.17. The first-order chi connectivity index (χ1) is 15.3. The SMILES string of the molecule is CCCCn1c(N)c(N(CCOC)C(=O)COC(=O)Cc2ccc(C)nc2)c(=O)[nH]c1=O. The Balaban J connectivity index is 2.21. The van der Waals surface area contributed by atoms with E-state index in [1.807, 2.05) is 13.8 Å². The molecule has 0 aliphatic heterocycles. The largest absolute Gasteiger partial charge is 0.455 e. The van der Waals surface area contributed by atoms with Gasteiger partial charge in [0, 0.05) is 32.1 Å². The maximum absolute atomic E-state index is 12.9. The molecule has 0 radical (unpaired) electrons. The van der Waals surface area contributed by atoms with E-state index in [4.69, 9.17) is 15.2 Å². The highest BCUT2D eigenvalue weighted by atomic mass is 16.5. The molecule has 0 fully saturated rings. The lowest BCUT2D eigenvalue weighted by atomic mass is 10.2. The summed E-state index contributed by atoms with van der Waals surface area (Å²) in [5, 5.41) is 0. The van der Waals surface area contributed by atoms with Crippen LogP contribution in [0.4, 0.5) is 11.5 Å². The minimum atomic E-state index is -0.804. The third-order valence-corrected chi connectivity index (χ3v) is 4.72. The van der Waals surface area contributed by atoms with Crippen LogP contribution in [-0.2, 0) is 32.0 Å². The number of hydrogen-bond donors (Lipinski definition) is 2. The second-order valence-corrected chi connectivity index (χ2v) is 7.18. The average molecular weight is 447 g/mol. The molecule has 11 heteroatoms. The van der Waals surface area contributed by atoms with Crippen LogP contribution in [0.3, 0.4) is 0 Å². The minimum absolute atomic E-state index is 0.0198.